The predicted octanol–water partition coefficient (Wildman–Crippen LogP) is 3.54. The van der Waals surface area contributed by atoms with Crippen molar-refractivity contribution in [2.45, 2.75) is 6.54 Å². The highest BCUT2D eigenvalue weighted by Gasteiger charge is 2.16. The molecule has 0 spiro atoms. The normalized spacial score (nSPS) is 10.6. The lowest BCUT2D eigenvalue weighted by atomic mass is 10.2. The van der Waals surface area contributed by atoms with E-state index in [2.05, 4.69) is 30.9 Å². The number of aromatic nitrogens is 3. The Hall–Kier alpha value is -2.22. The number of aromatic hydroxyl groups is 1. The minimum Gasteiger partial charge on any atom is -0.479 e. The molecule has 0 saturated carbocycles. The standard InChI is InChI=1S/C16H13BrClN5O/c17-11-7-4-8-12(18)13(11)14-20-15(22-16(24)21-14)23(19)9-10-5-2-1-3-6-10/h1-8H,9,19H2,(H,20,21,22,24). The molecular formula is C16H13BrClN5O. The van der Waals surface area contributed by atoms with Gasteiger partial charge < -0.3 is 5.11 Å². The summed E-state index contributed by atoms with van der Waals surface area (Å²) in [6.45, 7) is 0.382. The number of nitrogens with two attached hydrogens (primary N) is 1. The van der Waals surface area contributed by atoms with Gasteiger partial charge in [-0.15, -0.1) is 0 Å². The maximum atomic E-state index is 9.85. The molecule has 0 aliphatic rings. The lowest BCUT2D eigenvalue weighted by molar-refractivity contribution is 0.428. The number of hydrogen-bond acceptors (Lipinski definition) is 6. The lowest BCUT2D eigenvalue weighted by Gasteiger charge is -2.17. The monoisotopic (exact) mass is 405 g/mol. The smallest absolute Gasteiger partial charge is 0.319 e. The maximum Gasteiger partial charge on any atom is 0.319 e. The van der Waals surface area contributed by atoms with Gasteiger partial charge in [-0.1, -0.05) is 48.0 Å². The van der Waals surface area contributed by atoms with Crippen LogP contribution in [0.3, 0.4) is 0 Å². The summed E-state index contributed by atoms with van der Waals surface area (Å²) in [5.41, 5.74) is 1.55. The van der Waals surface area contributed by atoms with Crippen molar-refractivity contribution >= 4 is 33.5 Å². The molecule has 1 aromatic heterocycles. The van der Waals surface area contributed by atoms with Gasteiger partial charge in [-0.25, -0.2) is 5.84 Å². The first-order chi connectivity index (χ1) is 11.5. The molecule has 0 aliphatic carbocycles. The average molecular weight is 407 g/mol. The Bertz CT molecular complexity index is 842. The van der Waals surface area contributed by atoms with Crippen LogP contribution in [0.5, 0.6) is 6.01 Å². The summed E-state index contributed by atoms with van der Waals surface area (Å²) in [6, 6.07) is 14.5. The summed E-state index contributed by atoms with van der Waals surface area (Å²) in [7, 11) is 0. The number of anilines is 1. The van der Waals surface area contributed by atoms with E-state index in [1.54, 1.807) is 12.1 Å². The molecule has 0 atom stereocenters. The summed E-state index contributed by atoms with van der Waals surface area (Å²) < 4.78 is 0.707. The molecule has 0 aliphatic heterocycles. The van der Waals surface area contributed by atoms with Gasteiger partial charge in [0.2, 0.25) is 5.95 Å². The van der Waals surface area contributed by atoms with Crippen molar-refractivity contribution in [3.8, 4) is 17.4 Å². The molecule has 0 fully saturated rings. The van der Waals surface area contributed by atoms with E-state index in [1.807, 2.05) is 36.4 Å². The van der Waals surface area contributed by atoms with Crippen LogP contribution >= 0.6 is 27.5 Å². The van der Waals surface area contributed by atoms with E-state index in [-0.39, 0.29) is 11.8 Å². The molecule has 24 heavy (non-hydrogen) atoms. The van der Waals surface area contributed by atoms with Crippen LogP contribution in [0.25, 0.3) is 11.4 Å². The van der Waals surface area contributed by atoms with Crippen molar-refractivity contribution in [2.75, 3.05) is 5.01 Å². The molecule has 2 aromatic carbocycles. The number of hydrogen-bond donors (Lipinski definition) is 2. The number of nitrogens with zero attached hydrogens (tertiary/aromatic N) is 4. The zero-order chi connectivity index (χ0) is 17.1. The molecule has 8 heteroatoms. The fourth-order valence-corrected chi connectivity index (χ4v) is 3.07. The molecule has 0 saturated heterocycles. The van der Waals surface area contributed by atoms with Crippen LogP contribution in [0.1, 0.15) is 5.56 Å². The first-order valence-electron chi connectivity index (χ1n) is 7.00. The highest BCUT2D eigenvalue weighted by atomic mass is 79.9. The molecule has 0 amide bonds. The second kappa shape index (κ2) is 7.12. The van der Waals surface area contributed by atoms with Crippen LogP contribution < -0.4 is 10.9 Å². The first kappa shape index (κ1) is 16.6. The van der Waals surface area contributed by atoms with Gasteiger partial charge in [0.25, 0.3) is 0 Å². The molecule has 3 rings (SSSR count). The van der Waals surface area contributed by atoms with Gasteiger partial charge in [0, 0.05) is 4.47 Å². The van der Waals surface area contributed by atoms with E-state index in [1.165, 1.54) is 5.01 Å². The van der Waals surface area contributed by atoms with Gasteiger partial charge in [-0.3, -0.25) is 5.01 Å². The molecule has 6 nitrogen and oxygen atoms in total. The minimum atomic E-state index is -0.426. The van der Waals surface area contributed by atoms with Crippen molar-refractivity contribution in [3.63, 3.8) is 0 Å². The topological polar surface area (TPSA) is 88.2 Å². The number of hydrazine groups is 1. The number of benzene rings is 2. The lowest BCUT2D eigenvalue weighted by Crippen LogP contribution is -2.32. The van der Waals surface area contributed by atoms with Gasteiger partial charge in [0.15, 0.2) is 5.82 Å². The van der Waals surface area contributed by atoms with E-state index in [0.29, 0.717) is 21.6 Å². The summed E-state index contributed by atoms with van der Waals surface area (Å²) in [4.78, 5) is 12.2. The van der Waals surface area contributed by atoms with E-state index in [4.69, 9.17) is 17.4 Å². The predicted molar refractivity (Wildman–Crippen MR) is 96.5 cm³/mol. The summed E-state index contributed by atoms with van der Waals surface area (Å²) >= 11 is 9.63. The van der Waals surface area contributed by atoms with Gasteiger partial charge in [-0.2, -0.15) is 15.0 Å². The molecule has 122 valence electrons. The molecule has 0 bridgehead atoms. The third-order valence-electron chi connectivity index (χ3n) is 3.25. The largest absolute Gasteiger partial charge is 0.479 e. The molecule has 0 unspecified atom stereocenters. The third kappa shape index (κ3) is 3.64. The van der Waals surface area contributed by atoms with Crippen molar-refractivity contribution < 1.29 is 5.11 Å². The van der Waals surface area contributed by atoms with Crippen molar-refractivity contribution in [1.82, 2.24) is 15.0 Å². The van der Waals surface area contributed by atoms with Crippen LogP contribution in [0.15, 0.2) is 53.0 Å². The van der Waals surface area contributed by atoms with Crippen LogP contribution in [0.2, 0.25) is 5.02 Å². The minimum absolute atomic E-state index is 0.146. The summed E-state index contributed by atoms with van der Waals surface area (Å²) in [5.74, 6) is 6.42. The number of halogens is 2. The van der Waals surface area contributed by atoms with Gasteiger partial charge in [0.05, 0.1) is 17.1 Å². The van der Waals surface area contributed by atoms with E-state index in [9.17, 15) is 5.11 Å². The molecule has 0 radical (unpaired) electrons. The second-order valence-corrected chi connectivity index (χ2v) is 6.23. The van der Waals surface area contributed by atoms with Crippen LogP contribution in [0, 0.1) is 0 Å². The zero-order valence-corrected chi connectivity index (χ0v) is 14.7. The zero-order valence-electron chi connectivity index (χ0n) is 12.4. The Morgan fingerprint density at radius 1 is 1.04 bits per heavy atom. The molecule has 3 aromatic rings. The Labute approximate surface area is 152 Å². The summed E-state index contributed by atoms with van der Waals surface area (Å²) in [6.07, 6.45) is 0. The van der Waals surface area contributed by atoms with Gasteiger partial charge in [0.1, 0.15) is 0 Å². The SMILES string of the molecule is NN(Cc1ccccc1)c1nc(O)nc(-c2c(Cl)cccc2Br)n1. The average Bonchev–Trinajstić information content (AvgIpc) is 2.55. The van der Waals surface area contributed by atoms with Crippen molar-refractivity contribution in [1.29, 1.82) is 0 Å². The molecule has 3 N–H and O–H groups in total. The highest BCUT2D eigenvalue weighted by Crippen LogP contribution is 2.33. The van der Waals surface area contributed by atoms with E-state index < -0.39 is 6.01 Å². The van der Waals surface area contributed by atoms with Crippen LogP contribution in [-0.4, -0.2) is 20.1 Å². The number of rotatable bonds is 4. The fraction of sp³-hybridized carbons (Fsp3) is 0.0625. The Morgan fingerprint density at radius 3 is 2.50 bits per heavy atom. The first-order valence-corrected chi connectivity index (χ1v) is 8.17. The van der Waals surface area contributed by atoms with E-state index in [0.717, 1.165) is 5.56 Å². The van der Waals surface area contributed by atoms with Crippen LogP contribution in [0.4, 0.5) is 5.95 Å². The van der Waals surface area contributed by atoms with Crippen molar-refractivity contribution in [3.05, 3.63) is 63.6 Å². The second-order valence-electron chi connectivity index (χ2n) is 4.97. The Morgan fingerprint density at radius 2 is 1.79 bits per heavy atom. The maximum absolute atomic E-state index is 9.85. The summed E-state index contributed by atoms with van der Waals surface area (Å²) in [5, 5.41) is 11.6. The van der Waals surface area contributed by atoms with Gasteiger partial charge in [-0.05, 0) is 33.6 Å². The van der Waals surface area contributed by atoms with E-state index >= 15 is 0 Å². The third-order valence-corrected chi connectivity index (χ3v) is 4.23. The Kier molecular flexibility index (Phi) is 4.94. The highest BCUT2D eigenvalue weighted by molar-refractivity contribution is 9.10. The quantitative estimate of drug-likeness (QED) is 0.509. The fourth-order valence-electron chi connectivity index (χ4n) is 2.16. The molecule has 1 heterocycles. The van der Waals surface area contributed by atoms with Crippen molar-refractivity contribution in [2.24, 2.45) is 5.84 Å². The van der Waals surface area contributed by atoms with Crippen LogP contribution in [-0.2, 0) is 6.54 Å². The molecular weight excluding hydrogens is 394 g/mol. The van der Waals surface area contributed by atoms with Gasteiger partial charge >= 0.3 is 6.01 Å². The Balaban J connectivity index is 1.97.